The summed E-state index contributed by atoms with van der Waals surface area (Å²) >= 11 is 0. The molecule has 0 unspecified atom stereocenters. The molecule has 1 saturated heterocycles. The first kappa shape index (κ1) is 15.9. The zero-order valence-corrected chi connectivity index (χ0v) is 12.8. The van der Waals surface area contributed by atoms with Gasteiger partial charge in [0.25, 0.3) is 11.6 Å². The lowest BCUT2D eigenvalue weighted by Crippen LogP contribution is -2.36. The summed E-state index contributed by atoms with van der Waals surface area (Å²) in [5, 5.41) is 13.5. The van der Waals surface area contributed by atoms with Crippen LogP contribution in [0.5, 0.6) is 0 Å². The Kier molecular flexibility index (Phi) is 4.66. The minimum Gasteiger partial charge on any atom is -0.378 e. The molecule has 2 heterocycles. The number of anilines is 2. The fraction of sp³-hybridized carbons (Fsp3) is 0.250. The maximum atomic E-state index is 12.4. The molecular weight excluding hydrogens is 312 g/mol. The van der Waals surface area contributed by atoms with Crippen molar-refractivity contribution in [3.05, 3.63) is 58.3 Å². The average molecular weight is 328 g/mol. The van der Waals surface area contributed by atoms with Gasteiger partial charge in [-0.05, 0) is 18.2 Å². The van der Waals surface area contributed by atoms with Crippen LogP contribution in [0.2, 0.25) is 0 Å². The summed E-state index contributed by atoms with van der Waals surface area (Å²) in [6, 6.07) is 9.14. The fourth-order valence-corrected chi connectivity index (χ4v) is 2.43. The Morgan fingerprint density at radius 3 is 2.79 bits per heavy atom. The first-order valence-corrected chi connectivity index (χ1v) is 7.48. The number of nitrogens with zero attached hydrogens (tertiary/aromatic N) is 3. The van der Waals surface area contributed by atoms with Gasteiger partial charge in [-0.25, -0.2) is 4.98 Å². The molecule has 0 aliphatic carbocycles. The quantitative estimate of drug-likeness (QED) is 0.681. The van der Waals surface area contributed by atoms with Crippen molar-refractivity contribution in [1.82, 2.24) is 4.98 Å². The van der Waals surface area contributed by atoms with Crippen LogP contribution in [0.4, 0.5) is 17.2 Å². The molecule has 1 N–H and O–H groups in total. The summed E-state index contributed by atoms with van der Waals surface area (Å²) in [6.45, 7) is 2.71. The molecule has 3 rings (SSSR count). The van der Waals surface area contributed by atoms with Crippen LogP contribution in [0, 0.1) is 10.1 Å². The molecule has 1 aliphatic rings. The fourth-order valence-electron chi connectivity index (χ4n) is 2.43. The number of rotatable bonds is 4. The van der Waals surface area contributed by atoms with Crippen LogP contribution in [-0.4, -0.2) is 42.1 Å². The minimum atomic E-state index is -0.501. The molecule has 0 atom stereocenters. The normalized spacial score (nSPS) is 14.2. The first-order valence-electron chi connectivity index (χ1n) is 7.48. The zero-order chi connectivity index (χ0) is 16.9. The van der Waals surface area contributed by atoms with Crippen molar-refractivity contribution in [2.75, 3.05) is 36.5 Å². The van der Waals surface area contributed by atoms with E-state index in [4.69, 9.17) is 4.74 Å². The number of nitrogens with one attached hydrogen (secondary N) is 1. The number of ether oxygens (including phenoxy) is 1. The molecule has 24 heavy (non-hydrogen) atoms. The van der Waals surface area contributed by atoms with E-state index in [1.54, 1.807) is 24.4 Å². The number of pyridine rings is 1. The summed E-state index contributed by atoms with van der Waals surface area (Å²) in [5.41, 5.74) is 0.744. The molecule has 1 aromatic carbocycles. The number of carbonyl (C=O) groups is 1. The molecule has 1 amide bonds. The SMILES string of the molecule is O=C(Nc1cccc([N+](=O)[O-])c1)c1ccnc(N2CCOCC2)c1. The monoisotopic (exact) mass is 328 g/mol. The predicted molar refractivity (Wildman–Crippen MR) is 88.3 cm³/mol. The number of carbonyl (C=O) groups excluding carboxylic acids is 1. The van der Waals surface area contributed by atoms with Gasteiger partial charge in [0, 0.05) is 42.7 Å². The summed E-state index contributed by atoms with van der Waals surface area (Å²) in [6.07, 6.45) is 1.58. The van der Waals surface area contributed by atoms with E-state index in [1.165, 1.54) is 18.2 Å². The largest absolute Gasteiger partial charge is 0.378 e. The van der Waals surface area contributed by atoms with E-state index in [0.29, 0.717) is 30.3 Å². The Balaban J connectivity index is 1.75. The van der Waals surface area contributed by atoms with Gasteiger partial charge in [0.05, 0.1) is 18.1 Å². The van der Waals surface area contributed by atoms with Crippen molar-refractivity contribution in [2.24, 2.45) is 0 Å². The van der Waals surface area contributed by atoms with Crippen LogP contribution in [0.3, 0.4) is 0 Å². The van der Waals surface area contributed by atoms with Gasteiger partial charge in [0.15, 0.2) is 0 Å². The standard InChI is InChI=1S/C16H16N4O4/c21-16(18-13-2-1-3-14(11-13)20(22)23)12-4-5-17-15(10-12)19-6-8-24-9-7-19/h1-5,10-11H,6-9H2,(H,18,21). The van der Waals surface area contributed by atoms with Crippen molar-refractivity contribution < 1.29 is 14.5 Å². The number of non-ortho nitro benzene ring substituents is 1. The molecule has 0 saturated carbocycles. The first-order chi connectivity index (χ1) is 11.6. The van der Waals surface area contributed by atoms with Crippen LogP contribution in [0.25, 0.3) is 0 Å². The van der Waals surface area contributed by atoms with Crippen LogP contribution in [-0.2, 0) is 4.74 Å². The molecule has 8 heteroatoms. The number of nitro benzene ring substituents is 1. The highest BCUT2D eigenvalue weighted by atomic mass is 16.6. The Hall–Kier alpha value is -3.00. The van der Waals surface area contributed by atoms with Crippen molar-refractivity contribution >= 4 is 23.1 Å². The Morgan fingerprint density at radius 2 is 2.04 bits per heavy atom. The van der Waals surface area contributed by atoms with Gasteiger partial charge in [-0.15, -0.1) is 0 Å². The molecular formula is C16H16N4O4. The van der Waals surface area contributed by atoms with E-state index >= 15 is 0 Å². The number of aromatic nitrogens is 1. The van der Waals surface area contributed by atoms with Gasteiger partial charge in [-0.3, -0.25) is 14.9 Å². The van der Waals surface area contributed by atoms with E-state index in [1.807, 2.05) is 4.90 Å². The third-order valence-electron chi connectivity index (χ3n) is 3.66. The summed E-state index contributed by atoms with van der Waals surface area (Å²) in [7, 11) is 0. The molecule has 1 aromatic heterocycles. The topological polar surface area (TPSA) is 97.6 Å². The van der Waals surface area contributed by atoms with Gasteiger partial charge < -0.3 is 15.0 Å². The van der Waals surface area contributed by atoms with Gasteiger partial charge in [-0.2, -0.15) is 0 Å². The van der Waals surface area contributed by atoms with E-state index in [2.05, 4.69) is 10.3 Å². The third-order valence-corrected chi connectivity index (χ3v) is 3.66. The van der Waals surface area contributed by atoms with Gasteiger partial charge >= 0.3 is 0 Å². The number of hydrogen-bond donors (Lipinski definition) is 1. The smallest absolute Gasteiger partial charge is 0.271 e. The number of nitro groups is 1. The highest BCUT2D eigenvalue weighted by molar-refractivity contribution is 6.04. The number of benzene rings is 1. The minimum absolute atomic E-state index is 0.0727. The van der Waals surface area contributed by atoms with E-state index in [9.17, 15) is 14.9 Å². The lowest BCUT2D eigenvalue weighted by molar-refractivity contribution is -0.384. The van der Waals surface area contributed by atoms with Gasteiger partial charge in [0.2, 0.25) is 0 Å². The molecule has 0 bridgehead atoms. The summed E-state index contributed by atoms with van der Waals surface area (Å²) in [4.78, 5) is 29.0. The number of hydrogen-bond acceptors (Lipinski definition) is 6. The average Bonchev–Trinajstić information content (AvgIpc) is 2.63. The van der Waals surface area contributed by atoms with Crippen LogP contribution in [0.1, 0.15) is 10.4 Å². The lowest BCUT2D eigenvalue weighted by atomic mass is 10.2. The Morgan fingerprint density at radius 1 is 1.25 bits per heavy atom. The Bertz CT molecular complexity index is 759. The van der Waals surface area contributed by atoms with E-state index in [0.717, 1.165) is 13.1 Å². The molecule has 1 aliphatic heterocycles. The maximum Gasteiger partial charge on any atom is 0.271 e. The molecule has 0 spiro atoms. The zero-order valence-electron chi connectivity index (χ0n) is 12.8. The van der Waals surface area contributed by atoms with Gasteiger partial charge in [0.1, 0.15) is 5.82 Å². The third kappa shape index (κ3) is 3.66. The highest BCUT2D eigenvalue weighted by Gasteiger charge is 2.15. The second-order valence-corrected chi connectivity index (χ2v) is 5.26. The molecule has 0 radical (unpaired) electrons. The second kappa shape index (κ2) is 7.05. The van der Waals surface area contributed by atoms with Crippen molar-refractivity contribution in [3.63, 3.8) is 0 Å². The second-order valence-electron chi connectivity index (χ2n) is 5.26. The number of amides is 1. The van der Waals surface area contributed by atoms with Crippen molar-refractivity contribution in [2.45, 2.75) is 0 Å². The van der Waals surface area contributed by atoms with Crippen molar-refractivity contribution in [1.29, 1.82) is 0 Å². The Labute approximate surface area is 138 Å². The van der Waals surface area contributed by atoms with Crippen LogP contribution < -0.4 is 10.2 Å². The molecule has 1 fully saturated rings. The van der Waals surface area contributed by atoms with Crippen LogP contribution in [0.15, 0.2) is 42.6 Å². The van der Waals surface area contributed by atoms with Gasteiger partial charge in [-0.1, -0.05) is 6.07 Å². The van der Waals surface area contributed by atoms with E-state index < -0.39 is 4.92 Å². The predicted octanol–water partition coefficient (Wildman–Crippen LogP) is 2.08. The van der Waals surface area contributed by atoms with Crippen molar-refractivity contribution in [3.8, 4) is 0 Å². The molecule has 124 valence electrons. The summed E-state index contributed by atoms with van der Waals surface area (Å²) in [5.74, 6) is 0.373. The lowest BCUT2D eigenvalue weighted by Gasteiger charge is -2.27. The maximum absolute atomic E-state index is 12.4. The molecule has 2 aromatic rings. The number of morpholine rings is 1. The highest BCUT2D eigenvalue weighted by Crippen LogP contribution is 2.19. The molecule has 8 nitrogen and oxygen atoms in total. The van der Waals surface area contributed by atoms with Crippen LogP contribution >= 0.6 is 0 Å². The summed E-state index contributed by atoms with van der Waals surface area (Å²) < 4.78 is 5.30. The van der Waals surface area contributed by atoms with E-state index in [-0.39, 0.29) is 11.6 Å².